The fourth-order valence-electron chi connectivity index (χ4n) is 2.08. The Morgan fingerprint density at radius 2 is 1.94 bits per heavy atom. The third-order valence-corrected chi connectivity index (χ3v) is 5.02. The van der Waals surface area contributed by atoms with Gasteiger partial charge in [-0.05, 0) is 27.7 Å². The molecule has 0 aliphatic carbocycles. The number of carboxylic acid groups (broad SMARTS) is 1. The van der Waals surface area contributed by atoms with Gasteiger partial charge in [-0.25, -0.2) is 12.7 Å². The lowest BCUT2D eigenvalue weighted by atomic mass is 9.92. The maximum atomic E-state index is 12.0. The summed E-state index contributed by atoms with van der Waals surface area (Å²) in [7, 11) is -3.73. The molecule has 1 rings (SSSR count). The Balaban J connectivity index is 3.22. The van der Waals surface area contributed by atoms with Crippen molar-refractivity contribution in [3.63, 3.8) is 0 Å². The van der Waals surface area contributed by atoms with Crippen LogP contribution in [0.25, 0.3) is 0 Å². The quantitative estimate of drug-likeness (QED) is 0.797. The lowest BCUT2D eigenvalue weighted by Gasteiger charge is -2.33. The van der Waals surface area contributed by atoms with Gasteiger partial charge in [-0.1, -0.05) is 0 Å². The number of aliphatic carboxylic acids is 1. The second-order valence-corrected chi connectivity index (χ2v) is 7.41. The molecule has 0 aromatic rings. The molecule has 1 aliphatic heterocycles. The summed E-state index contributed by atoms with van der Waals surface area (Å²) in [5, 5.41) is 8.76. The molecule has 0 bridgehead atoms. The van der Waals surface area contributed by atoms with Crippen LogP contribution in [0.1, 0.15) is 34.1 Å². The lowest BCUT2D eigenvalue weighted by Crippen LogP contribution is -2.49. The van der Waals surface area contributed by atoms with Gasteiger partial charge in [0, 0.05) is 0 Å². The van der Waals surface area contributed by atoms with Crippen LogP contribution in [0.15, 0.2) is 0 Å². The Hall–Kier alpha value is -1.11. The van der Waals surface area contributed by atoms with E-state index in [2.05, 4.69) is 0 Å². The van der Waals surface area contributed by atoms with E-state index in [4.69, 9.17) is 5.11 Å². The van der Waals surface area contributed by atoms with Gasteiger partial charge in [0.15, 0.2) is 0 Å². The minimum Gasteiger partial charge on any atom is -0.481 e. The van der Waals surface area contributed by atoms with E-state index in [-0.39, 0.29) is 5.75 Å². The average molecular weight is 263 g/mol. The van der Waals surface area contributed by atoms with Crippen LogP contribution in [0.5, 0.6) is 0 Å². The van der Waals surface area contributed by atoms with Crippen LogP contribution in [0.2, 0.25) is 0 Å². The molecule has 0 unspecified atom stereocenters. The van der Waals surface area contributed by atoms with E-state index in [1.165, 1.54) is 13.8 Å². The first kappa shape index (κ1) is 14.0. The molecular weight excluding hydrogens is 246 g/mol. The number of carbonyl (C=O) groups is 2. The summed E-state index contributed by atoms with van der Waals surface area (Å²) >= 11 is 0. The maximum Gasteiger partial charge on any atom is 0.305 e. The molecule has 1 aliphatic rings. The van der Waals surface area contributed by atoms with Crippen LogP contribution >= 0.6 is 0 Å². The van der Waals surface area contributed by atoms with E-state index in [0.717, 1.165) is 4.31 Å². The topological polar surface area (TPSA) is 91.8 Å². The molecule has 1 amide bonds. The first-order valence-corrected chi connectivity index (χ1v) is 6.80. The molecular formula is C10H17NO5S. The number of sulfonamides is 1. The predicted molar refractivity (Wildman–Crippen MR) is 60.7 cm³/mol. The molecule has 6 nitrogen and oxygen atoms in total. The van der Waals surface area contributed by atoms with Crippen LogP contribution in [-0.4, -0.2) is 41.0 Å². The molecule has 0 radical (unpaired) electrons. The van der Waals surface area contributed by atoms with Gasteiger partial charge in [0.25, 0.3) is 0 Å². The number of amides is 1. The molecule has 0 saturated carbocycles. The molecule has 0 aromatic carbocycles. The standard InChI is InChI=1S/C10H17NO5S/c1-9(2)6-17(15,16)11(8(9)14)10(3,4)5-7(12)13/h5-6H2,1-4H3,(H,12,13). The van der Waals surface area contributed by atoms with Crippen molar-refractivity contribution in [2.75, 3.05) is 5.75 Å². The van der Waals surface area contributed by atoms with Crippen molar-refractivity contribution in [2.24, 2.45) is 5.41 Å². The second-order valence-electron chi connectivity index (χ2n) is 5.59. The predicted octanol–water partition coefficient (Wildman–Crippen LogP) is 0.438. The van der Waals surface area contributed by atoms with Crippen molar-refractivity contribution in [3.05, 3.63) is 0 Å². The highest BCUT2D eigenvalue weighted by Crippen LogP contribution is 2.37. The number of hydrogen-bond acceptors (Lipinski definition) is 4. The molecule has 98 valence electrons. The highest BCUT2D eigenvalue weighted by Gasteiger charge is 2.54. The van der Waals surface area contributed by atoms with Crippen molar-refractivity contribution in [2.45, 2.75) is 39.7 Å². The molecule has 0 atom stereocenters. The summed E-state index contributed by atoms with van der Waals surface area (Å²) in [5.41, 5.74) is -2.23. The van der Waals surface area contributed by atoms with E-state index in [9.17, 15) is 18.0 Å². The number of rotatable bonds is 3. The minimum absolute atomic E-state index is 0.276. The van der Waals surface area contributed by atoms with E-state index in [1.807, 2.05) is 0 Å². The van der Waals surface area contributed by atoms with Crippen LogP contribution in [-0.2, 0) is 19.6 Å². The van der Waals surface area contributed by atoms with E-state index in [0.29, 0.717) is 0 Å². The lowest BCUT2D eigenvalue weighted by molar-refractivity contribution is -0.142. The Morgan fingerprint density at radius 3 is 2.24 bits per heavy atom. The van der Waals surface area contributed by atoms with E-state index in [1.54, 1.807) is 13.8 Å². The highest BCUT2D eigenvalue weighted by molar-refractivity contribution is 7.90. The van der Waals surface area contributed by atoms with E-state index < -0.39 is 39.3 Å². The monoisotopic (exact) mass is 263 g/mol. The van der Waals surface area contributed by atoms with Crippen molar-refractivity contribution in [3.8, 4) is 0 Å². The van der Waals surface area contributed by atoms with Gasteiger partial charge in [0.2, 0.25) is 15.9 Å². The zero-order chi connectivity index (χ0) is 13.6. The molecule has 17 heavy (non-hydrogen) atoms. The Labute approximate surface area is 101 Å². The van der Waals surface area contributed by atoms with Crippen molar-refractivity contribution in [1.29, 1.82) is 0 Å². The summed E-state index contributed by atoms with van der Waals surface area (Å²) in [6, 6.07) is 0. The van der Waals surface area contributed by atoms with Crippen molar-refractivity contribution in [1.82, 2.24) is 4.31 Å². The first-order valence-electron chi connectivity index (χ1n) is 5.19. The molecule has 1 saturated heterocycles. The normalized spacial score (nSPS) is 22.8. The average Bonchev–Trinajstić information content (AvgIpc) is 2.12. The van der Waals surface area contributed by atoms with E-state index >= 15 is 0 Å². The van der Waals surface area contributed by atoms with Gasteiger partial charge in [-0.15, -0.1) is 0 Å². The van der Waals surface area contributed by atoms with Gasteiger partial charge in [-0.3, -0.25) is 9.59 Å². The molecule has 7 heteroatoms. The summed E-state index contributed by atoms with van der Waals surface area (Å²) in [5.74, 6) is -1.95. The first-order chi connectivity index (χ1) is 7.40. The minimum atomic E-state index is -3.73. The Bertz CT molecular complexity index is 463. The number of carboxylic acids is 1. The summed E-state index contributed by atoms with van der Waals surface area (Å²) in [6.45, 7) is 5.98. The number of hydrogen-bond donors (Lipinski definition) is 1. The SMILES string of the molecule is CC1(C)CS(=O)(=O)N(C(C)(C)CC(=O)O)C1=O. The van der Waals surface area contributed by atoms with Crippen LogP contribution in [0, 0.1) is 5.41 Å². The van der Waals surface area contributed by atoms with Crippen LogP contribution in [0.4, 0.5) is 0 Å². The maximum absolute atomic E-state index is 12.0. The second kappa shape index (κ2) is 3.69. The van der Waals surface area contributed by atoms with Gasteiger partial charge >= 0.3 is 5.97 Å². The summed E-state index contributed by atoms with van der Waals surface area (Å²) in [4.78, 5) is 22.7. The van der Waals surface area contributed by atoms with Crippen molar-refractivity contribution >= 4 is 21.9 Å². The molecule has 1 N–H and O–H groups in total. The molecule has 0 spiro atoms. The van der Waals surface area contributed by atoms with Gasteiger partial charge in [0.05, 0.1) is 23.1 Å². The van der Waals surface area contributed by atoms with Crippen molar-refractivity contribution < 1.29 is 23.1 Å². The number of carbonyl (C=O) groups excluding carboxylic acids is 1. The van der Waals surface area contributed by atoms with Crippen LogP contribution < -0.4 is 0 Å². The largest absolute Gasteiger partial charge is 0.481 e. The zero-order valence-corrected chi connectivity index (χ0v) is 11.2. The fraction of sp³-hybridized carbons (Fsp3) is 0.800. The number of nitrogens with zero attached hydrogens (tertiary/aromatic N) is 1. The summed E-state index contributed by atoms with van der Waals surface area (Å²) in [6.07, 6.45) is -0.409. The van der Waals surface area contributed by atoms with Crippen LogP contribution in [0.3, 0.4) is 0 Å². The zero-order valence-electron chi connectivity index (χ0n) is 10.3. The highest BCUT2D eigenvalue weighted by atomic mass is 32.2. The smallest absolute Gasteiger partial charge is 0.305 e. The van der Waals surface area contributed by atoms with Gasteiger partial charge < -0.3 is 5.11 Å². The van der Waals surface area contributed by atoms with Gasteiger partial charge in [0.1, 0.15) is 0 Å². The summed E-state index contributed by atoms with van der Waals surface area (Å²) < 4.78 is 24.6. The third-order valence-electron chi connectivity index (χ3n) is 2.72. The fourth-order valence-corrected chi connectivity index (χ4v) is 4.56. The third kappa shape index (κ3) is 2.43. The molecule has 1 fully saturated rings. The van der Waals surface area contributed by atoms with Gasteiger partial charge in [-0.2, -0.15) is 0 Å². The molecule has 0 aromatic heterocycles. The Morgan fingerprint density at radius 1 is 1.47 bits per heavy atom. The molecule has 1 heterocycles. The Kier molecular flexibility index (Phi) is 3.03.